The first-order chi connectivity index (χ1) is 6.59. The average molecular weight is 212 g/mol. The Labute approximate surface area is 88.4 Å². The maximum absolute atomic E-state index is 9.81. The van der Waals surface area contributed by atoms with Gasteiger partial charge in [-0.05, 0) is 6.42 Å². The third-order valence-corrected chi connectivity index (χ3v) is 3.74. The summed E-state index contributed by atoms with van der Waals surface area (Å²) in [5.74, 6) is 0. The molecule has 1 saturated heterocycles. The minimum Gasteiger partial charge on any atom is -0.392 e. The van der Waals surface area contributed by atoms with Crippen LogP contribution < -0.4 is 4.90 Å². The van der Waals surface area contributed by atoms with Crippen LogP contribution in [0.5, 0.6) is 0 Å². The molecule has 0 amide bonds. The molecule has 0 radical (unpaired) electrons. The second-order valence-electron chi connectivity index (χ2n) is 4.55. The van der Waals surface area contributed by atoms with Gasteiger partial charge in [-0.25, -0.2) is 0 Å². The highest BCUT2D eigenvalue weighted by atomic mass is 32.1. The summed E-state index contributed by atoms with van der Waals surface area (Å²) in [6, 6.07) is 0. The highest BCUT2D eigenvalue weighted by Crippen LogP contribution is 2.33. The Balaban J connectivity index is 2.11. The molecule has 4 heteroatoms. The van der Waals surface area contributed by atoms with Gasteiger partial charge in [-0.2, -0.15) is 0 Å². The second kappa shape index (κ2) is 3.51. The normalized spacial score (nSPS) is 26.5. The lowest BCUT2D eigenvalue weighted by Crippen LogP contribution is -2.48. The summed E-state index contributed by atoms with van der Waals surface area (Å²) in [6.07, 6.45) is 2.58. The molecule has 1 aromatic rings. The van der Waals surface area contributed by atoms with Crippen molar-refractivity contribution in [3.8, 4) is 0 Å². The van der Waals surface area contributed by atoms with E-state index in [1.165, 1.54) is 5.00 Å². The van der Waals surface area contributed by atoms with E-state index in [-0.39, 0.29) is 11.5 Å². The van der Waals surface area contributed by atoms with Gasteiger partial charge in [0.05, 0.1) is 17.8 Å². The predicted octanol–water partition coefficient (Wildman–Crippen LogP) is 1.74. The van der Waals surface area contributed by atoms with Crippen LogP contribution in [0.15, 0.2) is 11.7 Å². The minimum atomic E-state index is -0.174. The van der Waals surface area contributed by atoms with Gasteiger partial charge in [0, 0.05) is 18.5 Å². The Morgan fingerprint density at radius 1 is 1.64 bits per heavy atom. The van der Waals surface area contributed by atoms with Gasteiger partial charge in [0.2, 0.25) is 0 Å². The number of rotatable bonds is 1. The lowest BCUT2D eigenvalue weighted by molar-refractivity contribution is 0.0338. The average Bonchev–Trinajstić information content (AvgIpc) is 2.62. The summed E-state index contributed by atoms with van der Waals surface area (Å²) in [5, 5.41) is 11.0. The maximum Gasteiger partial charge on any atom is 0.111 e. The van der Waals surface area contributed by atoms with Gasteiger partial charge in [0.25, 0.3) is 0 Å². The molecule has 0 bridgehead atoms. The van der Waals surface area contributed by atoms with E-state index in [1.807, 2.05) is 11.7 Å². The van der Waals surface area contributed by atoms with E-state index < -0.39 is 0 Å². The first-order valence-corrected chi connectivity index (χ1v) is 5.79. The van der Waals surface area contributed by atoms with Crippen molar-refractivity contribution in [2.45, 2.75) is 26.4 Å². The molecule has 1 fully saturated rings. The van der Waals surface area contributed by atoms with Crippen molar-refractivity contribution in [1.29, 1.82) is 0 Å². The fraction of sp³-hybridized carbons (Fsp3) is 0.700. The number of thiazole rings is 1. The van der Waals surface area contributed by atoms with E-state index in [1.54, 1.807) is 11.3 Å². The fourth-order valence-corrected chi connectivity index (χ4v) is 2.55. The van der Waals surface area contributed by atoms with E-state index in [0.717, 1.165) is 19.5 Å². The van der Waals surface area contributed by atoms with Crippen molar-refractivity contribution in [3.63, 3.8) is 0 Å². The van der Waals surface area contributed by atoms with E-state index in [0.29, 0.717) is 0 Å². The van der Waals surface area contributed by atoms with Gasteiger partial charge in [-0.1, -0.05) is 13.8 Å². The molecule has 1 aromatic heterocycles. The Bertz CT molecular complexity index is 297. The Hall–Kier alpha value is -0.610. The van der Waals surface area contributed by atoms with E-state index in [9.17, 15) is 5.11 Å². The third kappa shape index (κ3) is 1.77. The van der Waals surface area contributed by atoms with Crippen LogP contribution in [0, 0.1) is 5.41 Å². The molecule has 1 unspecified atom stereocenters. The van der Waals surface area contributed by atoms with E-state index in [4.69, 9.17) is 0 Å². The summed E-state index contributed by atoms with van der Waals surface area (Å²) in [5.41, 5.74) is 1.84. The number of piperidine rings is 1. The molecular weight excluding hydrogens is 196 g/mol. The van der Waals surface area contributed by atoms with Crippen LogP contribution in [-0.4, -0.2) is 29.3 Å². The zero-order valence-corrected chi connectivity index (χ0v) is 9.42. The molecular formula is C10H16N2OS. The maximum atomic E-state index is 9.81. The summed E-state index contributed by atoms with van der Waals surface area (Å²) < 4.78 is 0. The van der Waals surface area contributed by atoms with E-state index in [2.05, 4.69) is 23.7 Å². The van der Waals surface area contributed by atoms with Gasteiger partial charge in [0.15, 0.2) is 0 Å². The van der Waals surface area contributed by atoms with Gasteiger partial charge >= 0.3 is 0 Å². The quantitative estimate of drug-likeness (QED) is 0.770. The molecule has 1 atom stereocenters. The molecule has 0 aromatic carbocycles. The first kappa shape index (κ1) is 9.93. The van der Waals surface area contributed by atoms with Crippen molar-refractivity contribution in [3.05, 3.63) is 11.7 Å². The highest BCUT2D eigenvalue weighted by molar-refractivity contribution is 7.13. The molecule has 2 heterocycles. The minimum absolute atomic E-state index is 0.0117. The zero-order chi connectivity index (χ0) is 10.2. The Kier molecular flexibility index (Phi) is 2.49. The smallest absolute Gasteiger partial charge is 0.111 e. The first-order valence-electron chi connectivity index (χ1n) is 4.91. The summed E-state index contributed by atoms with van der Waals surface area (Å²) in [7, 11) is 0. The molecule has 78 valence electrons. The van der Waals surface area contributed by atoms with Crippen molar-refractivity contribution < 1.29 is 5.11 Å². The van der Waals surface area contributed by atoms with Crippen LogP contribution >= 0.6 is 11.3 Å². The number of aromatic nitrogens is 1. The van der Waals surface area contributed by atoms with Crippen LogP contribution in [0.4, 0.5) is 5.00 Å². The molecule has 14 heavy (non-hydrogen) atoms. The van der Waals surface area contributed by atoms with Crippen molar-refractivity contribution in [1.82, 2.24) is 4.98 Å². The largest absolute Gasteiger partial charge is 0.392 e. The summed E-state index contributed by atoms with van der Waals surface area (Å²) >= 11 is 1.66. The van der Waals surface area contributed by atoms with Gasteiger partial charge in [-0.15, -0.1) is 11.3 Å². The number of aliphatic hydroxyl groups excluding tert-OH is 1. The molecule has 0 aliphatic carbocycles. The van der Waals surface area contributed by atoms with Gasteiger partial charge in [0.1, 0.15) is 5.00 Å². The van der Waals surface area contributed by atoms with Crippen LogP contribution in [0.3, 0.4) is 0 Å². The summed E-state index contributed by atoms with van der Waals surface area (Å²) in [4.78, 5) is 6.39. The van der Waals surface area contributed by atoms with Crippen molar-refractivity contribution in [2.24, 2.45) is 5.41 Å². The van der Waals surface area contributed by atoms with Crippen molar-refractivity contribution >= 4 is 16.3 Å². The summed E-state index contributed by atoms with van der Waals surface area (Å²) in [6.45, 7) is 6.08. The SMILES string of the molecule is CC1(C)CN(c2cncs2)CCC1O. The number of nitrogens with zero attached hydrogens (tertiary/aromatic N) is 2. The molecule has 3 nitrogen and oxygen atoms in total. The molecule has 1 aliphatic rings. The standard InChI is InChI=1S/C10H16N2OS/c1-10(2)6-12(4-3-8(10)13)9-5-11-7-14-9/h5,7-8,13H,3-4,6H2,1-2H3. The number of aliphatic hydroxyl groups is 1. The van der Waals surface area contributed by atoms with Crippen molar-refractivity contribution in [2.75, 3.05) is 18.0 Å². The monoisotopic (exact) mass is 212 g/mol. The Morgan fingerprint density at radius 2 is 2.43 bits per heavy atom. The van der Waals surface area contributed by atoms with Gasteiger partial charge in [-0.3, -0.25) is 4.98 Å². The molecule has 1 aliphatic heterocycles. The Morgan fingerprint density at radius 3 is 3.00 bits per heavy atom. The molecule has 2 rings (SSSR count). The molecule has 1 N–H and O–H groups in total. The van der Waals surface area contributed by atoms with Crippen LogP contribution in [0.25, 0.3) is 0 Å². The highest BCUT2D eigenvalue weighted by Gasteiger charge is 2.34. The predicted molar refractivity (Wildman–Crippen MR) is 58.7 cm³/mol. The topological polar surface area (TPSA) is 36.4 Å². The number of anilines is 1. The second-order valence-corrected chi connectivity index (χ2v) is 5.42. The third-order valence-electron chi connectivity index (χ3n) is 2.90. The lowest BCUT2D eigenvalue weighted by atomic mass is 9.81. The number of hydrogen-bond acceptors (Lipinski definition) is 4. The lowest BCUT2D eigenvalue weighted by Gasteiger charge is -2.42. The number of hydrogen-bond donors (Lipinski definition) is 1. The van der Waals surface area contributed by atoms with Crippen LogP contribution in [0.1, 0.15) is 20.3 Å². The zero-order valence-electron chi connectivity index (χ0n) is 8.60. The van der Waals surface area contributed by atoms with E-state index >= 15 is 0 Å². The van der Waals surface area contributed by atoms with Gasteiger partial charge < -0.3 is 10.0 Å². The fourth-order valence-electron chi connectivity index (χ4n) is 1.90. The van der Waals surface area contributed by atoms with Crippen LogP contribution in [0.2, 0.25) is 0 Å². The molecule has 0 spiro atoms. The van der Waals surface area contributed by atoms with Crippen LogP contribution in [-0.2, 0) is 0 Å². The molecule has 0 saturated carbocycles.